The van der Waals surface area contributed by atoms with E-state index < -0.39 is 5.25 Å². The Balaban J connectivity index is 1.64. The summed E-state index contributed by atoms with van der Waals surface area (Å²) in [5, 5.41) is 9.00. The highest BCUT2D eigenvalue weighted by atomic mass is 35.5. The fraction of sp³-hybridized carbons (Fsp3) is 0.250. The zero-order valence-electron chi connectivity index (χ0n) is 15.6. The van der Waals surface area contributed by atoms with Crippen molar-refractivity contribution in [2.45, 2.75) is 10.4 Å². The Kier molecular flexibility index (Phi) is 6.03. The molecule has 7 nitrogen and oxygen atoms in total. The molecule has 2 aromatic carbocycles. The van der Waals surface area contributed by atoms with Crippen molar-refractivity contribution in [1.82, 2.24) is 19.8 Å². The highest BCUT2D eigenvalue weighted by Gasteiger charge is 2.30. The van der Waals surface area contributed by atoms with Crippen molar-refractivity contribution in [2.24, 2.45) is 0 Å². The van der Waals surface area contributed by atoms with E-state index in [0.29, 0.717) is 42.3 Å². The summed E-state index contributed by atoms with van der Waals surface area (Å²) in [6.45, 7) is 2.24. The number of hydrogen-bond acceptors (Lipinski definition) is 6. The van der Waals surface area contributed by atoms with E-state index in [4.69, 9.17) is 22.2 Å². The van der Waals surface area contributed by atoms with E-state index in [9.17, 15) is 4.79 Å². The molecule has 1 aromatic heterocycles. The minimum Gasteiger partial charge on any atom is -0.378 e. The minimum atomic E-state index is -0.479. The number of halogens is 1. The second-order valence-electron chi connectivity index (χ2n) is 6.53. The summed E-state index contributed by atoms with van der Waals surface area (Å²) in [5.74, 6) is 6.77. The van der Waals surface area contributed by atoms with Crippen molar-refractivity contribution in [3.05, 3.63) is 65.2 Å². The summed E-state index contributed by atoms with van der Waals surface area (Å²) in [5.41, 5.74) is 1.65. The van der Waals surface area contributed by atoms with E-state index in [1.54, 1.807) is 12.1 Å². The van der Waals surface area contributed by atoms with Gasteiger partial charge in [0.05, 0.1) is 13.2 Å². The molecule has 1 amide bonds. The van der Waals surface area contributed by atoms with Crippen LogP contribution in [0.1, 0.15) is 10.8 Å². The van der Waals surface area contributed by atoms with E-state index in [2.05, 4.69) is 10.2 Å². The van der Waals surface area contributed by atoms with Crippen LogP contribution in [-0.2, 0) is 9.53 Å². The standard InChI is InChI=1S/C20H20ClN5O2S/c21-16-8-4-7-15(13-16)18-23-24-20(26(18)22)29-17(14-5-2-1-3-6-14)19(27)25-9-11-28-12-10-25/h1-8,13,17H,9-12,22H2. The van der Waals surface area contributed by atoms with Gasteiger partial charge in [-0.15, -0.1) is 10.2 Å². The van der Waals surface area contributed by atoms with E-state index in [1.807, 2.05) is 47.4 Å². The Hall–Kier alpha value is -2.55. The van der Waals surface area contributed by atoms with Gasteiger partial charge >= 0.3 is 0 Å². The zero-order chi connectivity index (χ0) is 20.2. The van der Waals surface area contributed by atoms with Crippen LogP contribution in [0.2, 0.25) is 5.02 Å². The van der Waals surface area contributed by atoms with Gasteiger partial charge in [-0.25, -0.2) is 4.68 Å². The molecule has 0 aliphatic carbocycles. The average Bonchev–Trinajstić information content (AvgIpc) is 3.13. The summed E-state index contributed by atoms with van der Waals surface area (Å²) in [6, 6.07) is 16.9. The van der Waals surface area contributed by atoms with Gasteiger partial charge in [-0.3, -0.25) is 4.79 Å². The number of carbonyl (C=O) groups excluding carboxylic acids is 1. The summed E-state index contributed by atoms with van der Waals surface area (Å²) in [7, 11) is 0. The molecule has 1 atom stereocenters. The first-order valence-corrected chi connectivity index (χ1v) is 10.4. The number of rotatable bonds is 5. The number of morpholine rings is 1. The van der Waals surface area contributed by atoms with Gasteiger partial charge in [0.25, 0.3) is 0 Å². The summed E-state index contributed by atoms with van der Waals surface area (Å²) in [6.07, 6.45) is 0. The number of benzene rings is 2. The molecule has 1 aliphatic rings. The Morgan fingerprint density at radius 3 is 2.59 bits per heavy atom. The predicted molar refractivity (Wildman–Crippen MR) is 113 cm³/mol. The van der Waals surface area contributed by atoms with Crippen LogP contribution in [0.25, 0.3) is 11.4 Å². The Morgan fingerprint density at radius 2 is 1.86 bits per heavy atom. The second-order valence-corrected chi connectivity index (χ2v) is 8.04. The molecule has 0 bridgehead atoms. The number of nitrogen functional groups attached to an aromatic ring is 1. The van der Waals surface area contributed by atoms with Gasteiger partial charge in [0.2, 0.25) is 11.1 Å². The van der Waals surface area contributed by atoms with Crippen molar-refractivity contribution in [1.29, 1.82) is 0 Å². The molecule has 1 unspecified atom stereocenters. The van der Waals surface area contributed by atoms with Gasteiger partial charge in [0.15, 0.2) is 5.82 Å². The molecule has 0 saturated carbocycles. The molecule has 150 valence electrons. The van der Waals surface area contributed by atoms with Gasteiger partial charge in [-0.1, -0.05) is 65.8 Å². The van der Waals surface area contributed by atoms with Crippen LogP contribution in [0.3, 0.4) is 0 Å². The predicted octanol–water partition coefficient (Wildman–Crippen LogP) is 3.00. The van der Waals surface area contributed by atoms with E-state index >= 15 is 0 Å². The Bertz CT molecular complexity index is 992. The highest BCUT2D eigenvalue weighted by molar-refractivity contribution is 8.00. The van der Waals surface area contributed by atoms with Gasteiger partial charge < -0.3 is 15.5 Å². The van der Waals surface area contributed by atoms with E-state index in [1.165, 1.54) is 16.4 Å². The number of nitrogens with two attached hydrogens (primary N) is 1. The fourth-order valence-corrected chi connectivity index (χ4v) is 4.36. The smallest absolute Gasteiger partial charge is 0.240 e. The van der Waals surface area contributed by atoms with Gasteiger partial charge in [0, 0.05) is 23.7 Å². The van der Waals surface area contributed by atoms with Gasteiger partial charge in [0.1, 0.15) is 5.25 Å². The molecule has 0 spiro atoms. The van der Waals surface area contributed by atoms with Crippen molar-refractivity contribution in [3.63, 3.8) is 0 Å². The van der Waals surface area contributed by atoms with Gasteiger partial charge in [-0.2, -0.15) is 0 Å². The number of ether oxygens (including phenoxy) is 1. The van der Waals surface area contributed by atoms with Gasteiger partial charge in [-0.05, 0) is 17.7 Å². The van der Waals surface area contributed by atoms with Crippen LogP contribution < -0.4 is 5.84 Å². The lowest BCUT2D eigenvalue weighted by Gasteiger charge is -2.30. The van der Waals surface area contributed by atoms with Crippen molar-refractivity contribution < 1.29 is 9.53 Å². The molecular weight excluding hydrogens is 410 g/mol. The van der Waals surface area contributed by atoms with Crippen LogP contribution in [0, 0.1) is 0 Å². The highest BCUT2D eigenvalue weighted by Crippen LogP contribution is 2.36. The third kappa shape index (κ3) is 4.39. The molecule has 2 N–H and O–H groups in total. The van der Waals surface area contributed by atoms with Crippen LogP contribution in [0.5, 0.6) is 0 Å². The van der Waals surface area contributed by atoms with Crippen LogP contribution in [0.4, 0.5) is 0 Å². The maximum atomic E-state index is 13.3. The molecule has 4 rings (SSSR count). The second kappa shape index (κ2) is 8.86. The normalized spacial score (nSPS) is 15.3. The monoisotopic (exact) mass is 429 g/mol. The van der Waals surface area contributed by atoms with Crippen molar-refractivity contribution >= 4 is 29.3 Å². The van der Waals surface area contributed by atoms with E-state index in [-0.39, 0.29) is 5.91 Å². The largest absolute Gasteiger partial charge is 0.378 e. The third-order valence-electron chi connectivity index (χ3n) is 4.62. The number of thioether (sulfide) groups is 1. The average molecular weight is 430 g/mol. The molecule has 3 aromatic rings. The Labute approximate surface area is 177 Å². The quantitative estimate of drug-likeness (QED) is 0.495. The molecule has 1 fully saturated rings. The summed E-state index contributed by atoms with van der Waals surface area (Å²) >= 11 is 7.37. The first-order valence-electron chi connectivity index (χ1n) is 9.18. The minimum absolute atomic E-state index is 0.0109. The lowest BCUT2D eigenvalue weighted by atomic mass is 10.1. The molecule has 1 aliphatic heterocycles. The zero-order valence-corrected chi connectivity index (χ0v) is 17.1. The number of hydrogen-bond donors (Lipinski definition) is 1. The molecule has 1 saturated heterocycles. The molecule has 0 radical (unpaired) electrons. The Morgan fingerprint density at radius 1 is 1.10 bits per heavy atom. The molecule has 2 heterocycles. The van der Waals surface area contributed by atoms with Crippen LogP contribution >= 0.6 is 23.4 Å². The first kappa shape index (κ1) is 19.8. The maximum Gasteiger partial charge on any atom is 0.240 e. The number of nitrogens with zero attached hydrogens (tertiary/aromatic N) is 4. The third-order valence-corrected chi connectivity index (χ3v) is 6.05. The summed E-state index contributed by atoms with van der Waals surface area (Å²) in [4.78, 5) is 15.1. The summed E-state index contributed by atoms with van der Waals surface area (Å²) < 4.78 is 6.78. The SMILES string of the molecule is Nn1c(SC(C(=O)N2CCOCC2)c2ccccc2)nnc1-c1cccc(Cl)c1. The number of carbonyl (C=O) groups is 1. The lowest BCUT2D eigenvalue weighted by molar-refractivity contribution is -0.134. The van der Waals surface area contributed by atoms with Crippen molar-refractivity contribution in [3.8, 4) is 11.4 Å². The van der Waals surface area contributed by atoms with Crippen molar-refractivity contribution in [2.75, 3.05) is 32.1 Å². The van der Waals surface area contributed by atoms with Crippen LogP contribution in [-0.4, -0.2) is 52.0 Å². The molecular formula is C20H20ClN5O2S. The number of aromatic nitrogens is 3. The first-order chi connectivity index (χ1) is 14.1. The molecule has 29 heavy (non-hydrogen) atoms. The molecule has 9 heteroatoms. The number of amides is 1. The fourth-order valence-electron chi connectivity index (χ4n) is 3.13. The van der Waals surface area contributed by atoms with E-state index in [0.717, 1.165) is 11.1 Å². The lowest BCUT2D eigenvalue weighted by Crippen LogP contribution is -2.42. The topological polar surface area (TPSA) is 86.3 Å². The van der Waals surface area contributed by atoms with Crippen LogP contribution in [0.15, 0.2) is 59.8 Å². The maximum absolute atomic E-state index is 13.3.